The van der Waals surface area contributed by atoms with Crippen molar-refractivity contribution in [1.82, 2.24) is 0 Å². The molecule has 51 heavy (non-hydrogen) atoms. The average molecular weight is 731 g/mol. The van der Waals surface area contributed by atoms with Crippen molar-refractivity contribution >= 4 is 53.7 Å². The van der Waals surface area contributed by atoms with E-state index in [1.807, 2.05) is 0 Å². The van der Waals surface area contributed by atoms with Crippen molar-refractivity contribution < 1.29 is 93.1 Å². The van der Waals surface area contributed by atoms with Crippen molar-refractivity contribution in [3.8, 4) is 0 Å². The molecule has 19 heteroatoms. The van der Waals surface area contributed by atoms with Crippen LogP contribution in [0.2, 0.25) is 0 Å². The molecule has 0 heterocycles. The third kappa shape index (κ3) is 70.5. The van der Waals surface area contributed by atoms with E-state index in [2.05, 4.69) is 59.2 Å². The highest BCUT2D eigenvalue weighted by molar-refractivity contribution is 5.82. The monoisotopic (exact) mass is 730 g/mol. The van der Waals surface area contributed by atoms with Crippen LogP contribution in [-0.4, -0.2) is 116 Å². The number of carbonyl (C=O) groups is 9. The molecule has 284 valence electrons. The largest absolute Gasteiger partial charge is 0.478 e. The van der Waals surface area contributed by atoms with Crippen molar-refractivity contribution in [2.24, 2.45) is 5.41 Å². The summed E-state index contributed by atoms with van der Waals surface area (Å²) in [7, 11) is 0. The Morgan fingerprint density at radius 1 is 0.373 bits per heavy atom. The van der Waals surface area contributed by atoms with Crippen LogP contribution in [0.5, 0.6) is 0 Å². The average Bonchev–Trinajstić information content (AvgIpc) is 3.12. The molecule has 0 aliphatic heterocycles. The number of rotatable bonds is 16. The van der Waals surface area contributed by atoms with Gasteiger partial charge < -0.3 is 50.0 Å². The number of carboxylic acids is 6. The molecule has 0 bridgehead atoms. The van der Waals surface area contributed by atoms with Crippen molar-refractivity contribution in [2.45, 2.75) is 0 Å². The SMILES string of the molecule is C=CC(=O)O.C=CC(=O)O.C=CC(=O)O.C=CC(=O)O.C=CC(=O)O.C=CC(=O)O.C=CC(=O)OCC(CO)(COC(=O)C=C)COC(=O)C=C. The van der Waals surface area contributed by atoms with Gasteiger partial charge in [-0.25, -0.2) is 43.2 Å². The highest BCUT2D eigenvalue weighted by atomic mass is 16.6. The first-order valence-corrected chi connectivity index (χ1v) is 12.7. The van der Waals surface area contributed by atoms with E-state index >= 15 is 0 Å². The molecule has 0 amide bonds. The van der Waals surface area contributed by atoms with Crippen LogP contribution in [0.4, 0.5) is 0 Å². The number of aliphatic carboxylic acids is 6. The number of aliphatic hydroxyl groups is 1. The second-order valence-electron chi connectivity index (χ2n) is 7.35. The van der Waals surface area contributed by atoms with Crippen LogP contribution in [0, 0.1) is 5.41 Å². The molecule has 0 saturated carbocycles. The fraction of sp³-hybridized carbons (Fsp3) is 0.156. The van der Waals surface area contributed by atoms with Crippen LogP contribution in [-0.2, 0) is 57.4 Å². The first kappa shape index (κ1) is 59.3. The Labute approximate surface area is 292 Å². The molecule has 0 aliphatic rings. The van der Waals surface area contributed by atoms with Crippen LogP contribution in [0.3, 0.4) is 0 Å². The lowest BCUT2D eigenvalue weighted by atomic mass is 9.92. The standard InChI is InChI=1S/C14H18O7.6C3H4O2/c1-4-11(16)19-8-14(7-15,9-20-12(17)5-2)10-21-13(18)6-3;6*1-2-3(4)5/h4-6,15H,1-3,7-10H2;6*2H,1H2,(H,4,5). The Morgan fingerprint density at radius 2 is 0.510 bits per heavy atom. The van der Waals surface area contributed by atoms with E-state index in [1.54, 1.807) is 0 Å². The summed E-state index contributed by atoms with van der Waals surface area (Å²) in [5, 5.41) is 55.1. The summed E-state index contributed by atoms with van der Waals surface area (Å²) in [6.45, 7) is 25.9. The zero-order valence-electron chi connectivity index (χ0n) is 27.4. The topological polar surface area (TPSA) is 323 Å². The van der Waals surface area contributed by atoms with Gasteiger partial charge in [-0.1, -0.05) is 59.2 Å². The fourth-order valence-electron chi connectivity index (χ4n) is 1.11. The lowest BCUT2D eigenvalue weighted by Crippen LogP contribution is -2.42. The van der Waals surface area contributed by atoms with E-state index in [0.29, 0.717) is 0 Å². The van der Waals surface area contributed by atoms with Crippen LogP contribution in [0.15, 0.2) is 114 Å². The van der Waals surface area contributed by atoms with Crippen molar-refractivity contribution in [3.05, 3.63) is 114 Å². The second-order valence-corrected chi connectivity index (χ2v) is 7.35. The quantitative estimate of drug-likeness (QED) is 0.0674. The molecular formula is C32H42O19. The van der Waals surface area contributed by atoms with Gasteiger partial charge in [0, 0.05) is 54.7 Å². The number of hydrogen-bond donors (Lipinski definition) is 7. The maximum atomic E-state index is 11.1. The summed E-state index contributed by atoms with van der Waals surface area (Å²) in [5.74, 6) is -8.06. The van der Waals surface area contributed by atoms with E-state index in [9.17, 15) is 48.3 Å². The Bertz CT molecular complexity index is 1030. The van der Waals surface area contributed by atoms with Gasteiger partial charge in [0.15, 0.2) is 0 Å². The zero-order valence-corrected chi connectivity index (χ0v) is 27.4. The van der Waals surface area contributed by atoms with E-state index in [1.165, 1.54) is 0 Å². The molecule has 0 spiro atoms. The number of ether oxygens (including phenoxy) is 3. The van der Waals surface area contributed by atoms with Gasteiger partial charge in [0.25, 0.3) is 0 Å². The van der Waals surface area contributed by atoms with E-state index < -0.39 is 65.7 Å². The predicted molar refractivity (Wildman–Crippen MR) is 180 cm³/mol. The first-order chi connectivity index (χ1) is 23.5. The summed E-state index contributed by atoms with van der Waals surface area (Å²) in [4.78, 5) is 88.8. The molecule has 0 saturated heterocycles. The molecule has 0 aromatic rings. The molecule has 7 N–H and O–H groups in total. The molecule has 0 aromatic carbocycles. The molecule has 19 nitrogen and oxygen atoms in total. The molecule has 0 radical (unpaired) electrons. The molecule has 0 fully saturated rings. The lowest BCUT2D eigenvalue weighted by molar-refractivity contribution is -0.159. The zero-order chi connectivity index (χ0) is 42.0. The van der Waals surface area contributed by atoms with Gasteiger partial charge >= 0.3 is 53.7 Å². The predicted octanol–water partition coefficient (Wildman–Crippen LogP) is 1.69. The van der Waals surface area contributed by atoms with Crippen LogP contribution >= 0.6 is 0 Å². The van der Waals surface area contributed by atoms with Gasteiger partial charge in [0.1, 0.15) is 19.8 Å². The summed E-state index contributed by atoms with van der Waals surface area (Å²) in [6.07, 6.45) is 7.81. The molecule has 0 atom stereocenters. The van der Waals surface area contributed by atoms with Crippen LogP contribution in [0.1, 0.15) is 0 Å². The van der Waals surface area contributed by atoms with Gasteiger partial charge in [-0.3, -0.25) is 0 Å². The maximum absolute atomic E-state index is 11.1. The highest BCUT2D eigenvalue weighted by Gasteiger charge is 2.35. The molecule has 0 aromatic heterocycles. The van der Waals surface area contributed by atoms with Gasteiger partial charge in [-0.05, 0) is 0 Å². The van der Waals surface area contributed by atoms with Crippen molar-refractivity contribution in [3.63, 3.8) is 0 Å². The van der Waals surface area contributed by atoms with Crippen LogP contribution in [0.25, 0.3) is 0 Å². The first-order valence-electron chi connectivity index (χ1n) is 12.7. The van der Waals surface area contributed by atoms with E-state index in [-0.39, 0.29) is 19.8 Å². The van der Waals surface area contributed by atoms with Crippen LogP contribution < -0.4 is 0 Å². The Kier molecular flexibility index (Phi) is 49.8. The lowest BCUT2D eigenvalue weighted by Gasteiger charge is -2.29. The summed E-state index contributed by atoms with van der Waals surface area (Å²) in [5.41, 5.74) is -1.28. The Morgan fingerprint density at radius 3 is 0.588 bits per heavy atom. The molecule has 0 rings (SSSR count). The number of carboxylic acid groups (broad SMARTS) is 6. The highest BCUT2D eigenvalue weighted by Crippen LogP contribution is 2.19. The smallest absolute Gasteiger partial charge is 0.330 e. The summed E-state index contributed by atoms with van der Waals surface area (Å²) < 4.78 is 14.5. The summed E-state index contributed by atoms with van der Waals surface area (Å²) in [6, 6.07) is 0. The van der Waals surface area contributed by atoms with Gasteiger partial charge in [-0.15, -0.1) is 0 Å². The number of aliphatic hydroxyl groups excluding tert-OH is 1. The maximum Gasteiger partial charge on any atom is 0.330 e. The van der Waals surface area contributed by atoms with Crippen molar-refractivity contribution in [1.29, 1.82) is 0 Å². The van der Waals surface area contributed by atoms with E-state index in [4.69, 9.17) is 44.8 Å². The molecular weight excluding hydrogens is 688 g/mol. The summed E-state index contributed by atoms with van der Waals surface area (Å²) >= 11 is 0. The van der Waals surface area contributed by atoms with E-state index in [0.717, 1.165) is 54.7 Å². The van der Waals surface area contributed by atoms with Gasteiger partial charge in [0.05, 0.1) is 12.0 Å². The number of esters is 3. The minimum absolute atomic E-state index is 0.330. The number of carbonyl (C=O) groups excluding carboxylic acids is 3. The minimum Gasteiger partial charge on any atom is -0.478 e. The Hall–Kier alpha value is -7.15. The third-order valence-corrected chi connectivity index (χ3v) is 3.44. The third-order valence-electron chi connectivity index (χ3n) is 3.44. The van der Waals surface area contributed by atoms with Gasteiger partial charge in [0.2, 0.25) is 0 Å². The Balaban J connectivity index is -0.000000105. The molecule has 0 unspecified atom stereocenters. The second kappa shape index (κ2) is 42.9. The number of hydrogen-bond acceptors (Lipinski definition) is 13. The van der Waals surface area contributed by atoms with Gasteiger partial charge in [-0.2, -0.15) is 0 Å². The normalized spacial score (nSPS) is 7.94. The minimum atomic E-state index is -1.28. The molecule has 0 aliphatic carbocycles. The fourth-order valence-corrected chi connectivity index (χ4v) is 1.11. The van der Waals surface area contributed by atoms with Crippen molar-refractivity contribution in [2.75, 3.05) is 26.4 Å².